The predicted octanol–water partition coefficient (Wildman–Crippen LogP) is 1.66. The monoisotopic (exact) mass is 361 g/mol. The zero-order chi connectivity index (χ0) is 17.0. The highest BCUT2D eigenvalue weighted by Crippen LogP contribution is 2.31. The van der Waals surface area contributed by atoms with Crippen LogP contribution in [0.3, 0.4) is 0 Å². The van der Waals surface area contributed by atoms with Crippen molar-refractivity contribution in [2.45, 2.75) is 12.8 Å². The summed E-state index contributed by atoms with van der Waals surface area (Å²) in [5, 5.41) is 0. The van der Waals surface area contributed by atoms with Gasteiger partial charge in [0.25, 0.3) is 0 Å². The number of carbonyl (C=O) groups is 1. The van der Waals surface area contributed by atoms with Gasteiger partial charge in [0, 0.05) is 36.1 Å². The fourth-order valence-electron chi connectivity index (χ4n) is 2.87. The maximum absolute atomic E-state index is 12.0. The molecule has 23 heavy (non-hydrogen) atoms. The van der Waals surface area contributed by atoms with Gasteiger partial charge in [-0.15, -0.1) is 0 Å². The first-order chi connectivity index (χ1) is 10.8. The summed E-state index contributed by atoms with van der Waals surface area (Å²) in [4.78, 5) is 13.7. The number of carbonyl (C=O) groups excluding carboxylic acids is 1. The summed E-state index contributed by atoms with van der Waals surface area (Å²) in [6.45, 7) is 0.915. The number of benzene rings is 1. The van der Waals surface area contributed by atoms with E-state index in [4.69, 9.17) is 20.2 Å². The van der Waals surface area contributed by atoms with Crippen LogP contribution in [0.15, 0.2) is 18.2 Å². The molecule has 1 amide bonds. The lowest BCUT2D eigenvalue weighted by molar-refractivity contribution is -0.127. The molecule has 2 rings (SSSR count). The van der Waals surface area contributed by atoms with E-state index in [1.54, 1.807) is 19.1 Å². The summed E-state index contributed by atoms with van der Waals surface area (Å²) in [6.07, 6.45) is 0.827. The number of hydrogen-bond donors (Lipinski definition) is 0. The van der Waals surface area contributed by atoms with Crippen LogP contribution in [0.4, 0.5) is 0 Å². The van der Waals surface area contributed by atoms with Gasteiger partial charge in [-0.25, -0.2) is 8.42 Å². The van der Waals surface area contributed by atoms with Gasteiger partial charge in [0.05, 0.1) is 20.0 Å². The van der Waals surface area contributed by atoms with E-state index in [2.05, 4.69) is 0 Å². The summed E-state index contributed by atoms with van der Waals surface area (Å²) in [7, 11) is 4.83. The van der Waals surface area contributed by atoms with Gasteiger partial charge in [-0.1, -0.05) is 12.1 Å². The van der Waals surface area contributed by atoms with Crippen LogP contribution in [0.25, 0.3) is 0 Å². The minimum absolute atomic E-state index is 0.0443. The number of amides is 1. The second kappa shape index (κ2) is 7.40. The molecular formula is C15H20ClNO5S. The number of likely N-dealkylation sites (tertiary alicyclic amines) is 1. The van der Waals surface area contributed by atoms with E-state index in [0.717, 1.165) is 5.56 Å². The van der Waals surface area contributed by atoms with Crippen molar-refractivity contribution in [3.05, 3.63) is 23.8 Å². The number of rotatable bonds is 7. The number of nitrogens with zero attached hydrogens (tertiary/aromatic N) is 1. The molecule has 0 aromatic heterocycles. The van der Waals surface area contributed by atoms with Crippen molar-refractivity contribution in [1.82, 2.24) is 4.90 Å². The van der Waals surface area contributed by atoms with E-state index in [-0.39, 0.29) is 24.0 Å². The van der Waals surface area contributed by atoms with Gasteiger partial charge >= 0.3 is 0 Å². The highest BCUT2D eigenvalue weighted by molar-refractivity contribution is 8.13. The van der Waals surface area contributed by atoms with Crippen molar-refractivity contribution in [2.24, 2.45) is 5.92 Å². The fourth-order valence-corrected chi connectivity index (χ4v) is 4.19. The van der Waals surface area contributed by atoms with Crippen molar-refractivity contribution in [1.29, 1.82) is 0 Å². The molecule has 1 unspecified atom stereocenters. The topological polar surface area (TPSA) is 72.9 Å². The van der Waals surface area contributed by atoms with Crippen LogP contribution in [0.2, 0.25) is 0 Å². The van der Waals surface area contributed by atoms with Crippen LogP contribution >= 0.6 is 10.7 Å². The van der Waals surface area contributed by atoms with Crippen LogP contribution in [0.5, 0.6) is 11.5 Å². The molecule has 0 saturated carbocycles. The molecule has 0 aliphatic carbocycles. The Morgan fingerprint density at radius 1 is 1.30 bits per heavy atom. The number of hydrogen-bond acceptors (Lipinski definition) is 5. The second-order valence-corrected chi connectivity index (χ2v) is 8.34. The Kier molecular flexibility index (Phi) is 5.75. The Morgan fingerprint density at radius 2 is 2.04 bits per heavy atom. The van der Waals surface area contributed by atoms with Gasteiger partial charge in [-0.05, 0) is 18.1 Å². The van der Waals surface area contributed by atoms with E-state index in [0.29, 0.717) is 31.0 Å². The Balaban J connectivity index is 2.00. The first kappa shape index (κ1) is 17.9. The molecule has 128 valence electrons. The third-order valence-electron chi connectivity index (χ3n) is 3.86. The SMILES string of the molecule is COc1cccc(CCN2CC(CS(=O)(=O)Cl)CC2=O)c1OC. The fraction of sp³-hybridized carbons (Fsp3) is 0.533. The summed E-state index contributed by atoms with van der Waals surface area (Å²) < 4.78 is 32.9. The molecule has 0 bridgehead atoms. The summed E-state index contributed by atoms with van der Waals surface area (Å²) >= 11 is 0. The van der Waals surface area contributed by atoms with Crippen molar-refractivity contribution in [3.8, 4) is 11.5 Å². The van der Waals surface area contributed by atoms with E-state index in [1.807, 2.05) is 18.2 Å². The van der Waals surface area contributed by atoms with E-state index < -0.39 is 9.05 Å². The molecule has 1 heterocycles. The maximum Gasteiger partial charge on any atom is 0.232 e. The minimum atomic E-state index is -3.58. The number of halogens is 1. The van der Waals surface area contributed by atoms with Crippen LogP contribution in [-0.4, -0.2) is 52.3 Å². The highest BCUT2D eigenvalue weighted by Gasteiger charge is 2.32. The van der Waals surface area contributed by atoms with E-state index in [1.165, 1.54) is 0 Å². The Morgan fingerprint density at radius 3 is 2.65 bits per heavy atom. The number of methoxy groups -OCH3 is 2. The van der Waals surface area contributed by atoms with Crippen LogP contribution in [-0.2, 0) is 20.3 Å². The molecule has 1 atom stereocenters. The molecule has 0 N–H and O–H groups in total. The molecular weight excluding hydrogens is 342 g/mol. The Bertz CT molecular complexity index is 676. The molecule has 1 saturated heterocycles. The lowest BCUT2D eigenvalue weighted by Crippen LogP contribution is -2.28. The van der Waals surface area contributed by atoms with Crippen LogP contribution < -0.4 is 9.47 Å². The molecule has 0 radical (unpaired) electrons. The number of ether oxygens (including phenoxy) is 2. The average molecular weight is 362 g/mol. The second-order valence-electron chi connectivity index (χ2n) is 5.52. The third-order valence-corrected chi connectivity index (χ3v) is 5.11. The highest BCUT2D eigenvalue weighted by atomic mass is 35.7. The Hall–Kier alpha value is -1.47. The molecule has 6 nitrogen and oxygen atoms in total. The lowest BCUT2D eigenvalue weighted by Gasteiger charge is -2.18. The molecule has 1 aliphatic heterocycles. The van der Waals surface area contributed by atoms with Gasteiger partial charge in [0.15, 0.2) is 11.5 Å². The van der Waals surface area contributed by atoms with E-state index in [9.17, 15) is 13.2 Å². The standard InChI is InChI=1S/C15H20ClNO5S/c1-21-13-5-3-4-12(15(13)22-2)6-7-17-9-11(8-14(17)18)10-23(16,19)20/h3-5,11H,6-10H2,1-2H3. The quantitative estimate of drug-likeness (QED) is 0.691. The van der Waals surface area contributed by atoms with Gasteiger partial charge in [0.1, 0.15) is 0 Å². The Labute approximate surface area is 140 Å². The molecule has 1 aromatic rings. The zero-order valence-electron chi connectivity index (χ0n) is 13.1. The summed E-state index contributed by atoms with van der Waals surface area (Å²) in [5.41, 5.74) is 0.938. The van der Waals surface area contributed by atoms with Crippen molar-refractivity contribution in [2.75, 3.05) is 33.1 Å². The molecule has 8 heteroatoms. The van der Waals surface area contributed by atoms with Gasteiger partial charge in [-0.2, -0.15) is 0 Å². The summed E-state index contributed by atoms with van der Waals surface area (Å²) in [5.74, 6) is 0.846. The minimum Gasteiger partial charge on any atom is -0.493 e. The average Bonchev–Trinajstić information content (AvgIpc) is 2.81. The van der Waals surface area contributed by atoms with Gasteiger partial charge < -0.3 is 14.4 Å². The summed E-state index contributed by atoms with van der Waals surface area (Å²) in [6, 6.07) is 5.60. The lowest BCUT2D eigenvalue weighted by atomic mass is 10.1. The van der Waals surface area contributed by atoms with Crippen LogP contribution in [0.1, 0.15) is 12.0 Å². The van der Waals surface area contributed by atoms with Crippen molar-refractivity contribution >= 4 is 25.6 Å². The predicted molar refractivity (Wildman–Crippen MR) is 87.6 cm³/mol. The maximum atomic E-state index is 12.0. The molecule has 1 aromatic carbocycles. The molecule has 1 fully saturated rings. The first-order valence-corrected chi connectivity index (χ1v) is 9.72. The smallest absolute Gasteiger partial charge is 0.232 e. The zero-order valence-corrected chi connectivity index (χ0v) is 14.7. The molecule has 0 spiro atoms. The van der Waals surface area contributed by atoms with Gasteiger partial charge in [-0.3, -0.25) is 4.79 Å². The largest absolute Gasteiger partial charge is 0.493 e. The van der Waals surface area contributed by atoms with Gasteiger partial charge in [0.2, 0.25) is 15.0 Å². The number of para-hydroxylation sites is 1. The van der Waals surface area contributed by atoms with Crippen molar-refractivity contribution in [3.63, 3.8) is 0 Å². The normalized spacial score (nSPS) is 18.3. The first-order valence-electron chi connectivity index (χ1n) is 7.24. The molecule has 1 aliphatic rings. The third kappa shape index (κ3) is 4.75. The van der Waals surface area contributed by atoms with Crippen LogP contribution in [0, 0.1) is 5.92 Å². The van der Waals surface area contributed by atoms with E-state index >= 15 is 0 Å². The van der Waals surface area contributed by atoms with Crippen molar-refractivity contribution < 1.29 is 22.7 Å².